The molecule has 4 nitrogen and oxygen atoms in total. The maximum atomic E-state index is 8.90. The smallest absolute Gasteiger partial charge is 0.143 e. The van der Waals surface area contributed by atoms with Gasteiger partial charge in [-0.25, -0.2) is 4.98 Å². The Balaban J connectivity index is 2.10. The van der Waals surface area contributed by atoms with Crippen LogP contribution in [0.15, 0.2) is 23.6 Å². The molecule has 5 heteroatoms. The van der Waals surface area contributed by atoms with E-state index in [2.05, 4.69) is 42.5 Å². The second-order valence-corrected chi connectivity index (χ2v) is 6.70. The van der Waals surface area contributed by atoms with Crippen LogP contribution in [0.25, 0.3) is 0 Å². The normalized spacial score (nSPS) is 11.0. The van der Waals surface area contributed by atoms with Crippen molar-refractivity contribution in [1.29, 1.82) is 5.26 Å². The SMILES string of the molecule is COc1cc(C#N)ccc1NCc1nc(C(C)(C)C)cs1. The van der Waals surface area contributed by atoms with E-state index >= 15 is 0 Å². The lowest BCUT2D eigenvalue weighted by atomic mass is 9.93. The van der Waals surface area contributed by atoms with E-state index in [0.717, 1.165) is 16.4 Å². The van der Waals surface area contributed by atoms with Crippen molar-refractivity contribution in [3.05, 3.63) is 39.8 Å². The van der Waals surface area contributed by atoms with Crippen LogP contribution in [0, 0.1) is 11.3 Å². The van der Waals surface area contributed by atoms with Crippen molar-refractivity contribution in [3.63, 3.8) is 0 Å². The summed E-state index contributed by atoms with van der Waals surface area (Å²) < 4.78 is 5.31. The Morgan fingerprint density at radius 2 is 2.14 bits per heavy atom. The topological polar surface area (TPSA) is 57.9 Å². The molecule has 0 unspecified atom stereocenters. The Kier molecular flexibility index (Phi) is 4.49. The van der Waals surface area contributed by atoms with Crippen LogP contribution in [0.2, 0.25) is 0 Å². The lowest BCUT2D eigenvalue weighted by Crippen LogP contribution is -2.12. The molecule has 0 saturated carbocycles. The van der Waals surface area contributed by atoms with Gasteiger partial charge in [0.1, 0.15) is 10.8 Å². The van der Waals surface area contributed by atoms with E-state index in [-0.39, 0.29) is 5.41 Å². The monoisotopic (exact) mass is 301 g/mol. The van der Waals surface area contributed by atoms with Gasteiger partial charge < -0.3 is 10.1 Å². The van der Waals surface area contributed by atoms with E-state index in [1.54, 1.807) is 30.6 Å². The van der Waals surface area contributed by atoms with Gasteiger partial charge in [0.05, 0.1) is 36.7 Å². The van der Waals surface area contributed by atoms with Crippen LogP contribution in [0.1, 0.15) is 37.0 Å². The Morgan fingerprint density at radius 3 is 2.71 bits per heavy atom. The molecule has 0 aliphatic rings. The molecule has 1 aromatic carbocycles. The second-order valence-electron chi connectivity index (χ2n) is 5.76. The summed E-state index contributed by atoms with van der Waals surface area (Å²) in [4.78, 5) is 4.65. The molecule has 0 aliphatic carbocycles. The van der Waals surface area contributed by atoms with E-state index in [1.165, 1.54) is 0 Å². The molecule has 110 valence electrons. The number of methoxy groups -OCH3 is 1. The predicted molar refractivity (Wildman–Crippen MR) is 85.8 cm³/mol. The molecule has 2 rings (SSSR count). The second kappa shape index (κ2) is 6.15. The maximum Gasteiger partial charge on any atom is 0.143 e. The van der Waals surface area contributed by atoms with E-state index in [0.29, 0.717) is 17.9 Å². The van der Waals surface area contributed by atoms with Gasteiger partial charge >= 0.3 is 0 Å². The van der Waals surface area contributed by atoms with Gasteiger partial charge in [-0.15, -0.1) is 11.3 Å². The number of aromatic nitrogens is 1. The van der Waals surface area contributed by atoms with Crippen molar-refractivity contribution in [2.24, 2.45) is 0 Å². The molecular weight excluding hydrogens is 282 g/mol. The number of nitriles is 1. The largest absolute Gasteiger partial charge is 0.495 e. The van der Waals surface area contributed by atoms with Crippen molar-refractivity contribution in [1.82, 2.24) is 4.98 Å². The number of hydrogen-bond donors (Lipinski definition) is 1. The Labute approximate surface area is 129 Å². The van der Waals surface area contributed by atoms with Crippen LogP contribution in [-0.4, -0.2) is 12.1 Å². The van der Waals surface area contributed by atoms with Gasteiger partial charge in [-0.2, -0.15) is 5.26 Å². The summed E-state index contributed by atoms with van der Waals surface area (Å²) >= 11 is 1.65. The Morgan fingerprint density at radius 1 is 1.38 bits per heavy atom. The minimum atomic E-state index is 0.0703. The summed E-state index contributed by atoms with van der Waals surface area (Å²) in [6, 6.07) is 7.46. The summed E-state index contributed by atoms with van der Waals surface area (Å²) in [5, 5.41) is 15.3. The first-order valence-electron chi connectivity index (χ1n) is 6.71. The van der Waals surface area contributed by atoms with Crippen LogP contribution in [-0.2, 0) is 12.0 Å². The fourth-order valence-corrected chi connectivity index (χ4v) is 2.77. The van der Waals surface area contributed by atoms with Gasteiger partial charge in [-0.05, 0) is 12.1 Å². The summed E-state index contributed by atoms with van der Waals surface area (Å²) in [6.45, 7) is 7.11. The molecular formula is C16H19N3OS. The molecule has 0 radical (unpaired) electrons. The van der Waals surface area contributed by atoms with E-state index in [1.807, 2.05) is 6.07 Å². The van der Waals surface area contributed by atoms with E-state index in [9.17, 15) is 0 Å². The van der Waals surface area contributed by atoms with Crippen LogP contribution in [0.5, 0.6) is 5.75 Å². The summed E-state index contributed by atoms with van der Waals surface area (Å²) in [5.74, 6) is 0.668. The summed E-state index contributed by atoms with van der Waals surface area (Å²) in [7, 11) is 1.60. The minimum Gasteiger partial charge on any atom is -0.495 e. The fraction of sp³-hybridized carbons (Fsp3) is 0.375. The zero-order valence-electron chi connectivity index (χ0n) is 12.7. The van der Waals surface area contributed by atoms with Crippen molar-refractivity contribution >= 4 is 17.0 Å². The highest BCUT2D eigenvalue weighted by Crippen LogP contribution is 2.27. The zero-order chi connectivity index (χ0) is 15.5. The molecule has 0 bridgehead atoms. The third-order valence-electron chi connectivity index (χ3n) is 3.08. The fourth-order valence-electron chi connectivity index (χ4n) is 1.81. The number of nitrogens with one attached hydrogen (secondary N) is 1. The van der Waals surface area contributed by atoms with Crippen LogP contribution in [0.3, 0.4) is 0 Å². The average Bonchev–Trinajstić information content (AvgIpc) is 2.94. The van der Waals surface area contributed by atoms with Gasteiger partial charge in [-0.1, -0.05) is 20.8 Å². The quantitative estimate of drug-likeness (QED) is 0.929. The first-order chi connectivity index (χ1) is 9.94. The lowest BCUT2D eigenvalue weighted by Gasteiger charge is -2.14. The Bertz CT molecular complexity index is 665. The van der Waals surface area contributed by atoms with E-state index in [4.69, 9.17) is 10.00 Å². The standard InChI is InChI=1S/C16H19N3OS/c1-16(2,3)14-10-21-15(19-14)9-18-12-6-5-11(8-17)7-13(12)20-4/h5-7,10,18H,9H2,1-4H3. The number of ether oxygens (including phenoxy) is 1. The van der Waals surface area contributed by atoms with Gasteiger partial charge in [0.2, 0.25) is 0 Å². The van der Waals surface area contributed by atoms with E-state index < -0.39 is 0 Å². The van der Waals surface area contributed by atoms with Gasteiger partial charge in [-0.3, -0.25) is 0 Å². The zero-order valence-corrected chi connectivity index (χ0v) is 13.5. The number of thiazole rings is 1. The molecule has 0 fully saturated rings. The molecule has 1 N–H and O–H groups in total. The highest BCUT2D eigenvalue weighted by atomic mass is 32.1. The molecule has 0 atom stereocenters. The van der Waals surface area contributed by atoms with Crippen molar-refractivity contribution in [2.75, 3.05) is 12.4 Å². The molecule has 1 aromatic heterocycles. The van der Waals surface area contributed by atoms with Gasteiger partial charge in [0.15, 0.2) is 0 Å². The first kappa shape index (κ1) is 15.3. The molecule has 2 aromatic rings. The molecule has 0 aliphatic heterocycles. The van der Waals surface area contributed by atoms with Gasteiger partial charge in [0.25, 0.3) is 0 Å². The third-order valence-corrected chi connectivity index (χ3v) is 3.93. The third kappa shape index (κ3) is 3.73. The summed E-state index contributed by atoms with van der Waals surface area (Å²) in [6.07, 6.45) is 0. The number of rotatable bonds is 4. The highest BCUT2D eigenvalue weighted by molar-refractivity contribution is 7.09. The van der Waals surface area contributed by atoms with Crippen LogP contribution < -0.4 is 10.1 Å². The lowest BCUT2D eigenvalue weighted by molar-refractivity contribution is 0.416. The van der Waals surface area contributed by atoms with Crippen molar-refractivity contribution in [2.45, 2.75) is 32.7 Å². The van der Waals surface area contributed by atoms with Crippen LogP contribution in [0.4, 0.5) is 5.69 Å². The highest BCUT2D eigenvalue weighted by Gasteiger charge is 2.17. The van der Waals surface area contributed by atoms with Crippen LogP contribution >= 0.6 is 11.3 Å². The molecule has 0 amide bonds. The molecule has 0 saturated heterocycles. The molecule has 0 spiro atoms. The average molecular weight is 301 g/mol. The number of benzene rings is 1. The number of anilines is 1. The summed E-state index contributed by atoms with van der Waals surface area (Å²) in [5.41, 5.74) is 2.63. The maximum absolute atomic E-state index is 8.90. The molecule has 21 heavy (non-hydrogen) atoms. The molecule has 1 heterocycles. The predicted octanol–water partition coefficient (Wildman–Crippen LogP) is 3.93. The first-order valence-corrected chi connectivity index (χ1v) is 7.59. The van der Waals surface area contributed by atoms with Crippen molar-refractivity contribution in [3.8, 4) is 11.8 Å². The number of nitrogens with zero attached hydrogens (tertiary/aromatic N) is 2. The van der Waals surface area contributed by atoms with Crippen molar-refractivity contribution < 1.29 is 4.74 Å². The Hall–Kier alpha value is -2.06. The van der Waals surface area contributed by atoms with Gasteiger partial charge in [0, 0.05) is 16.9 Å². The minimum absolute atomic E-state index is 0.0703. The number of hydrogen-bond acceptors (Lipinski definition) is 5.